The summed E-state index contributed by atoms with van der Waals surface area (Å²) in [5.74, 6) is 0.259. The molecule has 2 aliphatic rings. The fourth-order valence-electron chi connectivity index (χ4n) is 3.79. The third kappa shape index (κ3) is 4.77. The van der Waals surface area contributed by atoms with Crippen LogP contribution in [-0.4, -0.2) is 69.2 Å². The van der Waals surface area contributed by atoms with Gasteiger partial charge in [-0.05, 0) is 18.4 Å². The van der Waals surface area contributed by atoms with E-state index in [1.807, 2.05) is 30.3 Å². The zero-order valence-electron chi connectivity index (χ0n) is 17.4. The van der Waals surface area contributed by atoms with Crippen LogP contribution in [0.3, 0.4) is 0 Å². The largest absolute Gasteiger partial charge is 0.469 e. The third-order valence-electron chi connectivity index (χ3n) is 5.73. The van der Waals surface area contributed by atoms with Crippen LogP contribution in [0, 0.1) is 0 Å². The number of hydrogen-bond acceptors (Lipinski definition) is 7. The van der Waals surface area contributed by atoms with Gasteiger partial charge in [0.25, 0.3) is 0 Å². The van der Waals surface area contributed by atoms with Gasteiger partial charge >= 0.3 is 6.09 Å². The second kappa shape index (κ2) is 8.89. The molecule has 31 heavy (non-hydrogen) atoms. The standard InChI is InChI=1S/C22H26N4O5/c1-16(27)25-11-7-22(29,8-12-25)19-20(24-10-9-23-19)31-18-13-26(14-18)21(28)30-15-17-5-3-2-4-6-17/h2-6,9-10,18,29H,7-8,11-15H2,1H3. The molecule has 0 radical (unpaired) electrons. The topological polar surface area (TPSA) is 105 Å². The van der Waals surface area contributed by atoms with Crippen LogP contribution in [-0.2, 0) is 21.7 Å². The molecule has 1 N–H and O–H groups in total. The van der Waals surface area contributed by atoms with Gasteiger partial charge in [0, 0.05) is 32.4 Å². The molecule has 2 aromatic rings. The van der Waals surface area contributed by atoms with Gasteiger partial charge < -0.3 is 24.4 Å². The van der Waals surface area contributed by atoms with E-state index in [-0.39, 0.29) is 24.5 Å². The van der Waals surface area contributed by atoms with Gasteiger partial charge in [0.2, 0.25) is 11.8 Å². The van der Waals surface area contributed by atoms with Crippen molar-refractivity contribution in [2.24, 2.45) is 0 Å². The third-order valence-corrected chi connectivity index (χ3v) is 5.73. The van der Waals surface area contributed by atoms with Crippen molar-refractivity contribution in [2.45, 2.75) is 38.1 Å². The maximum Gasteiger partial charge on any atom is 0.410 e. The van der Waals surface area contributed by atoms with E-state index in [1.54, 1.807) is 9.80 Å². The summed E-state index contributed by atoms with van der Waals surface area (Å²) in [6, 6.07) is 9.50. The molecule has 2 fully saturated rings. The number of benzene rings is 1. The summed E-state index contributed by atoms with van der Waals surface area (Å²) >= 11 is 0. The van der Waals surface area contributed by atoms with Crippen LogP contribution in [0.5, 0.6) is 5.88 Å². The molecule has 0 bridgehead atoms. The van der Waals surface area contributed by atoms with Gasteiger partial charge in [-0.1, -0.05) is 30.3 Å². The van der Waals surface area contributed by atoms with E-state index in [1.165, 1.54) is 19.3 Å². The first kappa shape index (κ1) is 21.0. The molecule has 2 amide bonds. The van der Waals surface area contributed by atoms with Crippen LogP contribution < -0.4 is 4.74 Å². The molecule has 2 aliphatic heterocycles. The molecule has 164 valence electrons. The SMILES string of the molecule is CC(=O)N1CCC(O)(c2nccnc2OC2CN(C(=O)OCc3ccccc3)C2)CC1. The molecule has 3 heterocycles. The number of rotatable bonds is 5. The lowest BCUT2D eigenvalue weighted by Crippen LogP contribution is -2.56. The Balaban J connectivity index is 1.31. The average Bonchev–Trinajstić information content (AvgIpc) is 2.75. The lowest BCUT2D eigenvalue weighted by molar-refractivity contribution is -0.133. The Labute approximate surface area is 180 Å². The molecule has 4 rings (SSSR count). The van der Waals surface area contributed by atoms with E-state index >= 15 is 0 Å². The number of ether oxygens (including phenoxy) is 2. The second-order valence-electron chi connectivity index (χ2n) is 7.93. The molecule has 0 atom stereocenters. The quantitative estimate of drug-likeness (QED) is 0.776. The summed E-state index contributed by atoms with van der Waals surface area (Å²) in [6.45, 7) is 3.40. The van der Waals surface area contributed by atoms with E-state index < -0.39 is 11.7 Å². The van der Waals surface area contributed by atoms with Crippen molar-refractivity contribution < 1.29 is 24.2 Å². The Bertz CT molecular complexity index is 925. The second-order valence-corrected chi connectivity index (χ2v) is 7.93. The first-order valence-electron chi connectivity index (χ1n) is 10.4. The summed E-state index contributed by atoms with van der Waals surface area (Å²) in [5, 5.41) is 11.1. The monoisotopic (exact) mass is 426 g/mol. The highest BCUT2D eigenvalue weighted by atomic mass is 16.6. The van der Waals surface area contributed by atoms with Crippen LogP contribution in [0.4, 0.5) is 4.79 Å². The molecule has 0 aliphatic carbocycles. The highest BCUT2D eigenvalue weighted by molar-refractivity contribution is 5.73. The number of nitrogens with zero attached hydrogens (tertiary/aromatic N) is 4. The highest BCUT2D eigenvalue weighted by Crippen LogP contribution is 2.36. The van der Waals surface area contributed by atoms with Crippen LogP contribution >= 0.6 is 0 Å². The minimum Gasteiger partial charge on any atom is -0.469 e. The summed E-state index contributed by atoms with van der Waals surface area (Å²) in [7, 11) is 0. The molecular formula is C22H26N4O5. The maximum absolute atomic E-state index is 12.2. The van der Waals surface area contributed by atoms with Gasteiger partial charge in [-0.2, -0.15) is 0 Å². The number of aliphatic hydroxyl groups is 1. The number of likely N-dealkylation sites (tertiary alicyclic amines) is 2. The predicted octanol–water partition coefficient (Wildman–Crippen LogP) is 1.71. The smallest absolute Gasteiger partial charge is 0.410 e. The van der Waals surface area contributed by atoms with Crippen LogP contribution in [0.2, 0.25) is 0 Å². The Morgan fingerprint density at radius 2 is 1.77 bits per heavy atom. The number of piperidine rings is 1. The minimum atomic E-state index is -1.20. The zero-order valence-corrected chi connectivity index (χ0v) is 17.4. The van der Waals surface area contributed by atoms with Gasteiger partial charge in [0.1, 0.15) is 24.0 Å². The Hall–Kier alpha value is -3.20. The van der Waals surface area contributed by atoms with Crippen molar-refractivity contribution >= 4 is 12.0 Å². The lowest BCUT2D eigenvalue weighted by atomic mass is 9.88. The molecule has 1 aromatic heterocycles. The molecule has 2 saturated heterocycles. The summed E-state index contributed by atoms with van der Waals surface area (Å²) in [5.41, 5.74) is 0.105. The fraction of sp³-hybridized carbons (Fsp3) is 0.455. The van der Waals surface area contributed by atoms with Gasteiger partial charge in [-0.3, -0.25) is 9.78 Å². The van der Waals surface area contributed by atoms with E-state index in [4.69, 9.17) is 9.47 Å². The molecular weight excluding hydrogens is 400 g/mol. The van der Waals surface area contributed by atoms with Crippen LogP contribution in [0.15, 0.2) is 42.7 Å². The summed E-state index contributed by atoms with van der Waals surface area (Å²) in [6.07, 6.45) is 3.12. The Kier molecular flexibility index (Phi) is 6.03. The van der Waals surface area contributed by atoms with E-state index in [0.717, 1.165) is 5.56 Å². The summed E-state index contributed by atoms with van der Waals surface area (Å²) in [4.78, 5) is 35.6. The molecule has 1 aromatic carbocycles. The van der Waals surface area contributed by atoms with Crippen molar-refractivity contribution in [3.63, 3.8) is 0 Å². The van der Waals surface area contributed by atoms with Gasteiger partial charge in [0.05, 0.1) is 13.1 Å². The number of carbonyl (C=O) groups is 2. The van der Waals surface area contributed by atoms with Crippen molar-refractivity contribution in [1.29, 1.82) is 0 Å². The average molecular weight is 426 g/mol. The molecule has 9 nitrogen and oxygen atoms in total. The normalized spacial score (nSPS) is 18.3. The van der Waals surface area contributed by atoms with Crippen LogP contribution in [0.1, 0.15) is 31.0 Å². The van der Waals surface area contributed by atoms with Gasteiger partial charge in [-0.15, -0.1) is 0 Å². The first-order chi connectivity index (χ1) is 14.9. The molecule has 0 unspecified atom stereocenters. The minimum absolute atomic E-state index is 0.00798. The predicted molar refractivity (Wildman–Crippen MR) is 110 cm³/mol. The zero-order chi connectivity index (χ0) is 21.8. The number of hydrogen-bond donors (Lipinski definition) is 1. The van der Waals surface area contributed by atoms with Crippen molar-refractivity contribution in [2.75, 3.05) is 26.2 Å². The van der Waals surface area contributed by atoms with Crippen molar-refractivity contribution in [3.05, 3.63) is 54.0 Å². The van der Waals surface area contributed by atoms with E-state index in [0.29, 0.717) is 44.7 Å². The van der Waals surface area contributed by atoms with E-state index in [9.17, 15) is 14.7 Å². The maximum atomic E-state index is 12.2. The molecule has 9 heteroatoms. The highest BCUT2D eigenvalue weighted by Gasteiger charge is 2.41. The number of amides is 2. The van der Waals surface area contributed by atoms with Crippen LogP contribution in [0.25, 0.3) is 0 Å². The number of aromatic nitrogens is 2. The van der Waals surface area contributed by atoms with Crippen molar-refractivity contribution in [3.8, 4) is 5.88 Å². The first-order valence-corrected chi connectivity index (χ1v) is 10.4. The van der Waals surface area contributed by atoms with Crippen molar-refractivity contribution in [1.82, 2.24) is 19.8 Å². The Morgan fingerprint density at radius 3 is 2.45 bits per heavy atom. The van der Waals surface area contributed by atoms with E-state index in [2.05, 4.69) is 9.97 Å². The molecule has 0 saturated carbocycles. The van der Waals surface area contributed by atoms with Gasteiger partial charge in [0.15, 0.2) is 0 Å². The van der Waals surface area contributed by atoms with Gasteiger partial charge in [-0.25, -0.2) is 9.78 Å². The number of carbonyl (C=O) groups excluding carboxylic acids is 2. The Morgan fingerprint density at radius 1 is 1.10 bits per heavy atom. The fourth-order valence-corrected chi connectivity index (χ4v) is 3.79. The lowest BCUT2D eigenvalue weighted by Gasteiger charge is -2.40. The molecule has 0 spiro atoms. The summed E-state index contributed by atoms with van der Waals surface area (Å²) < 4.78 is 11.3.